The van der Waals surface area contributed by atoms with Gasteiger partial charge >= 0.3 is 0 Å². The van der Waals surface area contributed by atoms with Crippen LogP contribution in [-0.2, 0) is 0 Å². The van der Waals surface area contributed by atoms with E-state index in [1.54, 1.807) is 12.4 Å². The second-order valence-electron chi connectivity index (χ2n) is 4.44. The van der Waals surface area contributed by atoms with Crippen LogP contribution in [0.5, 0.6) is 0 Å². The van der Waals surface area contributed by atoms with Crippen molar-refractivity contribution >= 4 is 32.6 Å². The van der Waals surface area contributed by atoms with Crippen LogP contribution in [-0.4, -0.2) is 9.97 Å². The molecule has 1 heterocycles. The molecule has 0 bridgehead atoms. The summed E-state index contributed by atoms with van der Waals surface area (Å²) >= 11 is 0. The van der Waals surface area contributed by atoms with Gasteiger partial charge in [0.2, 0.25) is 0 Å². The van der Waals surface area contributed by atoms with E-state index in [1.807, 2.05) is 0 Å². The van der Waals surface area contributed by atoms with Crippen LogP contribution in [0.4, 0.5) is 0 Å². The zero-order valence-electron chi connectivity index (χ0n) is 9.67. The maximum atomic E-state index is 4.35. The first-order valence-corrected chi connectivity index (χ1v) is 5.93. The van der Waals surface area contributed by atoms with E-state index in [2.05, 4.69) is 58.5 Å². The molecular weight excluding hydrogens is 220 g/mol. The molecule has 18 heavy (non-hydrogen) atoms. The number of aromatic nitrogens is 2. The van der Waals surface area contributed by atoms with E-state index < -0.39 is 0 Å². The number of hydrogen-bond donors (Lipinski definition) is 0. The molecule has 3 aromatic carbocycles. The van der Waals surface area contributed by atoms with Gasteiger partial charge < -0.3 is 0 Å². The molecule has 0 fully saturated rings. The van der Waals surface area contributed by atoms with Crippen LogP contribution in [0, 0.1) is 0 Å². The highest BCUT2D eigenvalue weighted by Gasteiger charge is 2.01. The summed E-state index contributed by atoms with van der Waals surface area (Å²) in [4.78, 5) is 8.70. The Morgan fingerprint density at radius 1 is 0.556 bits per heavy atom. The smallest absolute Gasteiger partial charge is 0.0893 e. The number of fused-ring (bicyclic) bond motifs is 3. The SMILES string of the molecule is c1ccc2cc3cc4nccnc4cc3cc2c1. The van der Waals surface area contributed by atoms with Gasteiger partial charge in [-0.05, 0) is 45.8 Å². The Hall–Kier alpha value is -2.48. The Labute approximate surface area is 104 Å². The van der Waals surface area contributed by atoms with Gasteiger partial charge in [-0.2, -0.15) is 0 Å². The highest BCUT2D eigenvalue weighted by Crippen LogP contribution is 2.25. The van der Waals surface area contributed by atoms with Crippen LogP contribution in [0.2, 0.25) is 0 Å². The molecule has 0 aliphatic carbocycles. The maximum absolute atomic E-state index is 4.35. The van der Waals surface area contributed by atoms with Crippen molar-refractivity contribution in [3.8, 4) is 0 Å². The quantitative estimate of drug-likeness (QED) is 0.428. The van der Waals surface area contributed by atoms with Crippen LogP contribution >= 0.6 is 0 Å². The zero-order valence-corrected chi connectivity index (χ0v) is 9.67. The molecule has 4 rings (SSSR count). The van der Waals surface area contributed by atoms with Crippen molar-refractivity contribution in [2.45, 2.75) is 0 Å². The maximum Gasteiger partial charge on any atom is 0.0893 e. The third-order valence-electron chi connectivity index (χ3n) is 3.29. The molecule has 0 saturated heterocycles. The van der Waals surface area contributed by atoms with Gasteiger partial charge in [0, 0.05) is 12.4 Å². The van der Waals surface area contributed by atoms with Gasteiger partial charge in [-0.15, -0.1) is 0 Å². The topological polar surface area (TPSA) is 25.8 Å². The molecule has 0 radical (unpaired) electrons. The largest absolute Gasteiger partial charge is 0.253 e. The van der Waals surface area contributed by atoms with Crippen molar-refractivity contribution in [3.05, 3.63) is 60.9 Å². The van der Waals surface area contributed by atoms with E-state index in [1.165, 1.54) is 21.5 Å². The summed E-state index contributed by atoms with van der Waals surface area (Å²) in [7, 11) is 0. The average molecular weight is 230 g/mol. The molecule has 0 amide bonds. The van der Waals surface area contributed by atoms with Crippen LogP contribution in [0.3, 0.4) is 0 Å². The summed E-state index contributed by atoms with van der Waals surface area (Å²) in [5, 5.41) is 4.94. The van der Waals surface area contributed by atoms with E-state index in [-0.39, 0.29) is 0 Å². The Kier molecular flexibility index (Phi) is 1.86. The van der Waals surface area contributed by atoms with Gasteiger partial charge in [0.15, 0.2) is 0 Å². The normalized spacial score (nSPS) is 11.3. The minimum Gasteiger partial charge on any atom is -0.253 e. The Morgan fingerprint density at radius 3 is 1.56 bits per heavy atom. The predicted molar refractivity (Wildman–Crippen MR) is 74.6 cm³/mol. The summed E-state index contributed by atoms with van der Waals surface area (Å²) in [6.45, 7) is 0. The molecular formula is C16H10N2. The van der Waals surface area contributed by atoms with Gasteiger partial charge in [-0.3, -0.25) is 9.97 Å². The van der Waals surface area contributed by atoms with Gasteiger partial charge in [0.1, 0.15) is 0 Å². The molecule has 2 nitrogen and oxygen atoms in total. The molecule has 84 valence electrons. The van der Waals surface area contributed by atoms with Crippen molar-refractivity contribution in [2.24, 2.45) is 0 Å². The average Bonchev–Trinajstić information content (AvgIpc) is 2.42. The highest BCUT2D eigenvalue weighted by atomic mass is 14.8. The first kappa shape index (κ1) is 9.54. The van der Waals surface area contributed by atoms with E-state index in [4.69, 9.17) is 0 Å². The predicted octanol–water partition coefficient (Wildman–Crippen LogP) is 3.94. The third-order valence-corrected chi connectivity index (χ3v) is 3.29. The molecule has 0 unspecified atom stereocenters. The summed E-state index contributed by atoms with van der Waals surface area (Å²) in [6.07, 6.45) is 3.46. The molecule has 0 aliphatic heterocycles. The van der Waals surface area contributed by atoms with Crippen molar-refractivity contribution in [2.75, 3.05) is 0 Å². The van der Waals surface area contributed by atoms with E-state index in [9.17, 15) is 0 Å². The third kappa shape index (κ3) is 1.36. The fourth-order valence-electron chi connectivity index (χ4n) is 2.40. The summed E-state index contributed by atoms with van der Waals surface area (Å²) in [6, 6.07) is 17.0. The second kappa shape index (κ2) is 3.50. The lowest BCUT2D eigenvalue weighted by Crippen LogP contribution is -1.83. The molecule has 0 saturated carbocycles. The monoisotopic (exact) mass is 230 g/mol. The zero-order chi connectivity index (χ0) is 11.9. The first-order chi connectivity index (χ1) is 8.90. The Bertz CT molecular complexity index is 737. The minimum absolute atomic E-state index is 0.945. The summed E-state index contributed by atoms with van der Waals surface area (Å²) in [5.74, 6) is 0. The van der Waals surface area contributed by atoms with Crippen LogP contribution in [0.1, 0.15) is 0 Å². The lowest BCUT2D eigenvalue weighted by molar-refractivity contribution is 1.30. The Morgan fingerprint density at radius 2 is 1.06 bits per heavy atom. The van der Waals surface area contributed by atoms with Crippen molar-refractivity contribution in [1.29, 1.82) is 0 Å². The highest BCUT2D eigenvalue weighted by molar-refractivity contribution is 6.02. The number of hydrogen-bond acceptors (Lipinski definition) is 2. The molecule has 0 aliphatic rings. The van der Waals surface area contributed by atoms with E-state index in [0.717, 1.165) is 11.0 Å². The van der Waals surface area contributed by atoms with E-state index >= 15 is 0 Å². The minimum atomic E-state index is 0.945. The fourth-order valence-corrected chi connectivity index (χ4v) is 2.40. The van der Waals surface area contributed by atoms with Crippen molar-refractivity contribution in [1.82, 2.24) is 9.97 Å². The van der Waals surface area contributed by atoms with Gasteiger partial charge in [0.25, 0.3) is 0 Å². The lowest BCUT2D eigenvalue weighted by atomic mass is 10.0. The van der Waals surface area contributed by atoms with E-state index in [0.29, 0.717) is 0 Å². The standard InChI is InChI=1S/C16H10N2/c1-2-4-12-8-14-10-16-15(17-5-6-18-16)9-13(14)7-11(12)3-1/h1-10H. The summed E-state index contributed by atoms with van der Waals surface area (Å²) < 4.78 is 0. The number of benzene rings is 3. The van der Waals surface area contributed by atoms with Crippen molar-refractivity contribution in [3.63, 3.8) is 0 Å². The first-order valence-electron chi connectivity index (χ1n) is 5.93. The molecule has 1 aromatic heterocycles. The molecule has 0 spiro atoms. The molecule has 4 aromatic rings. The Balaban J connectivity index is 2.20. The summed E-state index contributed by atoms with van der Waals surface area (Å²) in [5.41, 5.74) is 1.89. The molecule has 2 heteroatoms. The number of nitrogens with zero attached hydrogens (tertiary/aromatic N) is 2. The molecule has 0 N–H and O–H groups in total. The number of rotatable bonds is 0. The van der Waals surface area contributed by atoms with Crippen molar-refractivity contribution < 1.29 is 0 Å². The second-order valence-corrected chi connectivity index (χ2v) is 4.44. The van der Waals surface area contributed by atoms with Gasteiger partial charge in [0.05, 0.1) is 11.0 Å². The van der Waals surface area contributed by atoms with Gasteiger partial charge in [-0.25, -0.2) is 0 Å². The fraction of sp³-hybridized carbons (Fsp3) is 0. The van der Waals surface area contributed by atoms with Crippen LogP contribution < -0.4 is 0 Å². The van der Waals surface area contributed by atoms with Crippen LogP contribution in [0.25, 0.3) is 32.6 Å². The van der Waals surface area contributed by atoms with Crippen LogP contribution in [0.15, 0.2) is 60.9 Å². The molecule has 0 atom stereocenters. The van der Waals surface area contributed by atoms with Gasteiger partial charge in [-0.1, -0.05) is 24.3 Å². The lowest BCUT2D eigenvalue weighted by Gasteiger charge is -2.03.